The predicted molar refractivity (Wildman–Crippen MR) is 95.9 cm³/mol. The van der Waals surface area contributed by atoms with Gasteiger partial charge in [-0.2, -0.15) is 0 Å². The third-order valence-electron chi connectivity index (χ3n) is 2.91. The lowest BCUT2D eigenvalue weighted by molar-refractivity contribution is 0.0994. The number of ketones is 1. The summed E-state index contributed by atoms with van der Waals surface area (Å²) in [4.78, 5) is 12.5. The average molecular weight is 351 g/mol. The molecule has 23 heavy (non-hydrogen) atoms. The van der Waals surface area contributed by atoms with Crippen LogP contribution in [0.1, 0.15) is 38.1 Å². The van der Waals surface area contributed by atoms with E-state index < -0.39 is 0 Å². The molecule has 1 atom stereocenters. The molecule has 2 rings (SSSR count). The normalized spacial score (nSPS) is 12.7. The number of nitrogens with zero attached hydrogens (tertiary/aromatic N) is 2. The highest BCUT2D eigenvalue weighted by Gasteiger charge is 2.20. The summed E-state index contributed by atoms with van der Waals surface area (Å²) in [6.07, 6.45) is 0. The molecule has 0 saturated heterocycles. The molecule has 0 radical (unpaired) electrons. The van der Waals surface area contributed by atoms with Crippen molar-refractivity contribution in [2.45, 2.75) is 42.8 Å². The molecule has 0 amide bonds. The number of carbonyl (C=O) groups is 1. The molecule has 2 aromatic rings. The quantitative estimate of drug-likeness (QED) is 0.624. The molecule has 0 aliphatic carbocycles. The number of hydrogen-bond acceptors (Lipinski definition) is 7. The minimum Gasteiger partial charge on any atom is -0.497 e. The maximum absolute atomic E-state index is 12.5. The van der Waals surface area contributed by atoms with Crippen LogP contribution in [0.4, 0.5) is 5.13 Å². The Bertz CT molecular complexity index is 663. The molecule has 5 nitrogen and oxygen atoms in total. The van der Waals surface area contributed by atoms with Crippen molar-refractivity contribution < 1.29 is 9.53 Å². The van der Waals surface area contributed by atoms with Gasteiger partial charge in [-0.05, 0) is 52.0 Å². The van der Waals surface area contributed by atoms with Crippen LogP contribution in [-0.2, 0) is 0 Å². The van der Waals surface area contributed by atoms with E-state index in [-0.39, 0.29) is 16.6 Å². The Morgan fingerprint density at radius 2 is 1.91 bits per heavy atom. The van der Waals surface area contributed by atoms with E-state index in [0.717, 1.165) is 15.2 Å². The van der Waals surface area contributed by atoms with E-state index in [4.69, 9.17) is 4.74 Å². The van der Waals surface area contributed by atoms with Gasteiger partial charge in [0.15, 0.2) is 10.1 Å². The third kappa shape index (κ3) is 5.21. The number of ether oxygens (including phenoxy) is 1. The Morgan fingerprint density at radius 1 is 1.26 bits per heavy atom. The number of thioether (sulfide) groups is 1. The number of Topliss-reactive ketones (excluding diaryl/α,β-unsaturated/α-hetero) is 1. The smallest absolute Gasteiger partial charge is 0.206 e. The van der Waals surface area contributed by atoms with Gasteiger partial charge in [0.1, 0.15) is 5.75 Å². The first kappa shape index (κ1) is 17.7. The van der Waals surface area contributed by atoms with Gasteiger partial charge in [0.2, 0.25) is 5.13 Å². The fourth-order valence-electron chi connectivity index (χ4n) is 1.82. The van der Waals surface area contributed by atoms with Crippen LogP contribution in [0.2, 0.25) is 0 Å². The molecule has 0 saturated carbocycles. The molecule has 124 valence electrons. The van der Waals surface area contributed by atoms with Crippen LogP contribution in [0.3, 0.4) is 0 Å². The van der Waals surface area contributed by atoms with Gasteiger partial charge in [0.25, 0.3) is 0 Å². The van der Waals surface area contributed by atoms with Crippen molar-refractivity contribution in [1.82, 2.24) is 10.2 Å². The summed E-state index contributed by atoms with van der Waals surface area (Å²) in [5, 5.41) is 12.1. The number of rotatable bonds is 6. The Labute approximate surface area is 144 Å². The van der Waals surface area contributed by atoms with Gasteiger partial charge in [0, 0.05) is 11.1 Å². The maximum atomic E-state index is 12.5. The van der Waals surface area contributed by atoms with Gasteiger partial charge in [-0.15, -0.1) is 10.2 Å². The zero-order valence-corrected chi connectivity index (χ0v) is 15.5. The first-order valence-electron chi connectivity index (χ1n) is 7.25. The van der Waals surface area contributed by atoms with Crippen molar-refractivity contribution in [2.24, 2.45) is 0 Å². The second-order valence-corrected chi connectivity index (χ2v) is 8.67. The molecule has 1 aromatic carbocycles. The van der Waals surface area contributed by atoms with Crippen molar-refractivity contribution >= 4 is 34.0 Å². The second kappa shape index (κ2) is 7.31. The van der Waals surface area contributed by atoms with E-state index in [2.05, 4.69) is 36.3 Å². The second-order valence-electron chi connectivity index (χ2n) is 6.10. The summed E-state index contributed by atoms with van der Waals surface area (Å²) in [6.45, 7) is 8.08. The molecule has 1 unspecified atom stereocenters. The summed E-state index contributed by atoms with van der Waals surface area (Å²) >= 11 is 2.89. The summed E-state index contributed by atoms with van der Waals surface area (Å²) in [6, 6.07) is 7.15. The molecule has 1 N–H and O–H groups in total. The molecule has 0 fully saturated rings. The molecule has 0 aliphatic heterocycles. The van der Waals surface area contributed by atoms with E-state index in [1.54, 1.807) is 31.4 Å². The minimum atomic E-state index is -0.223. The molecule has 1 aromatic heterocycles. The SMILES string of the molecule is COc1ccc(C(=O)C(C)Sc2nnc(NC(C)(C)C)s2)cc1. The fraction of sp³-hybridized carbons (Fsp3) is 0.438. The summed E-state index contributed by atoms with van der Waals surface area (Å²) in [5.74, 6) is 0.807. The van der Waals surface area contributed by atoms with E-state index in [9.17, 15) is 4.79 Å². The molecular formula is C16H21N3O2S2. The van der Waals surface area contributed by atoms with Crippen LogP contribution in [-0.4, -0.2) is 33.9 Å². The van der Waals surface area contributed by atoms with Crippen LogP contribution >= 0.6 is 23.1 Å². The topological polar surface area (TPSA) is 64.1 Å². The Kier molecular flexibility index (Phi) is 5.64. The van der Waals surface area contributed by atoms with Gasteiger partial charge in [-0.1, -0.05) is 23.1 Å². The zero-order chi connectivity index (χ0) is 17.0. The minimum absolute atomic E-state index is 0.0635. The number of anilines is 1. The number of nitrogens with one attached hydrogen (secondary N) is 1. The number of hydrogen-bond donors (Lipinski definition) is 1. The molecule has 0 aliphatic rings. The Morgan fingerprint density at radius 3 is 2.48 bits per heavy atom. The Hall–Kier alpha value is -1.60. The molecule has 0 bridgehead atoms. The van der Waals surface area contributed by atoms with E-state index in [1.165, 1.54) is 23.1 Å². The highest BCUT2D eigenvalue weighted by Crippen LogP contribution is 2.31. The van der Waals surface area contributed by atoms with Crippen LogP contribution in [0.5, 0.6) is 5.75 Å². The lowest BCUT2D eigenvalue weighted by atomic mass is 10.1. The van der Waals surface area contributed by atoms with Crippen LogP contribution in [0, 0.1) is 0 Å². The number of benzene rings is 1. The van der Waals surface area contributed by atoms with Crippen molar-refractivity contribution in [1.29, 1.82) is 0 Å². The first-order valence-corrected chi connectivity index (χ1v) is 8.95. The average Bonchev–Trinajstić information content (AvgIpc) is 2.91. The van der Waals surface area contributed by atoms with Crippen molar-refractivity contribution in [3.05, 3.63) is 29.8 Å². The summed E-state index contributed by atoms with van der Waals surface area (Å²) in [5.41, 5.74) is 0.606. The highest BCUT2D eigenvalue weighted by atomic mass is 32.2. The molecule has 7 heteroatoms. The highest BCUT2D eigenvalue weighted by molar-refractivity contribution is 8.02. The van der Waals surface area contributed by atoms with Gasteiger partial charge in [-0.3, -0.25) is 4.79 Å². The molecule has 0 spiro atoms. The van der Waals surface area contributed by atoms with Gasteiger partial charge < -0.3 is 10.1 Å². The standard InChI is InChI=1S/C16H21N3O2S2/c1-10(13(20)11-6-8-12(21-5)9-7-11)22-15-19-18-14(23-15)17-16(2,3)4/h6-10H,1-5H3,(H,17,18). The van der Waals surface area contributed by atoms with Gasteiger partial charge >= 0.3 is 0 Å². The summed E-state index contributed by atoms with van der Waals surface area (Å²) < 4.78 is 5.89. The maximum Gasteiger partial charge on any atom is 0.206 e. The third-order valence-corrected chi connectivity index (χ3v) is 4.93. The monoisotopic (exact) mass is 351 g/mol. The van der Waals surface area contributed by atoms with Gasteiger partial charge in [0.05, 0.1) is 12.4 Å². The lowest BCUT2D eigenvalue weighted by Gasteiger charge is -2.18. The van der Waals surface area contributed by atoms with Crippen molar-refractivity contribution in [3.8, 4) is 5.75 Å². The van der Waals surface area contributed by atoms with Crippen LogP contribution in [0.25, 0.3) is 0 Å². The van der Waals surface area contributed by atoms with Crippen LogP contribution < -0.4 is 10.1 Å². The van der Waals surface area contributed by atoms with Crippen molar-refractivity contribution in [2.75, 3.05) is 12.4 Å². The Balaban J connectivity index is 2.00. The zero-order valence-electron chi connectivity index (χ0n) is 13.9. The summed E-state index contributed by atoms with van der Waals surface area (Å²) in [7, 11) is 1.61. The van der Waals surface area contributed by atoms with Crippen LogP contribution in [0.15, 0.2) is 28.6 Å². The van der Waals surface area contributed by atoms with Gasteiger partial charge in [-0.25, -0.2) is 0 Å². The predicted octanol–water partition coefficient (Wildman–Crippen LogP) is 4.12. The first-order chi connectivity index (χ1) is 10.8. The van der Waals surface area contributed by atoms with E-state index in [0.29, 0.717) is 5.56 Å². The van der Waals surface area contributed by atoms with E-state index >= 15 is 0 Å². The molecule has 1 heterocycles. The van der Waals surface area contributed by atoms with E-state index in [1.807, 2.05) is 6.92 Å². The number of carbonyl (C=O) groups excluding carboxylic acids is 1. The number of methoxy groups -OCH3 is 1. The molecular weight excluding hydrogens is 330 g/mol. The van der Waals surface area contributed by atoms with Crippen molar-refractivity contribution in [3.63, 3.8) is 0 Å². The largest absolute Gasteiger partial charge is 0.497 e. The lowest BCUT2D eigenvalue weighted by Crippen LogP contribution is -2.25. The fourth-order valence-corrected chi connectivity index (χ4v) is 4.01. The number of aromatic nitrogens is 2.